The van der Waals surface area contributed by atoms with E-state index in [1.807, 2.05) is 42.5 Å². The third-order valence-corrected chi connectivity index (χ3v) is 9.70. The molecular formula is C32H25Cl2NO4. The lowest BCUT2D eigenvalue weighted by Crippen LogP contribution is -2.51. The lowest BCUT2D eigenvalue weighted by atomic mass is 9.68. The van der Waals surface area contributed by atoms with Crippen LogP contribution >= 0.6 is 23.2 Å². The molecule has 1 spiro atoms. The van der Waals surface area contributed by atoms with Crippen LogP contribution in [0, 0.1) is 5.92 Å². The maximum Gasteiger partial charge on any atom is 0.189 e. The lowest BCUT2D eigenvalue weighted by Gasteiger charge is -2.38. The lowest BCUT2D eigenvalue weighted by molar-refractivity contribution is 0.0519. The first-order valence-electron chi connectivity index (χ1n) is 13.1. The maximum atomic E-state index is 14.8. The van der Waals surface area contributed by atoms with Crippen molar-refractivity contribution in [1.29, 1.82) is 0 Å². The summed E-state index contributed by atoms with van der Waals surface area (Å²) in [5, 5.41) is 12.9. The number of Topliss-reactive ketones (excluding diaryl/α,β-unsaturated/α-hetero) is 2. The largest absolute Gasteiger partial charge is 0.504 e. The summed E-state index contributed by atoms with van der Waals surface area (Å²) in [5.41, 5.74) is 1.65. The fourth-order valence-corrected chi connectivity index (χ4v) is 7.83. The average molecular weight is 558 g/mol. The van der Waals surface area contributed by atoms with Gasteiger partial charge in [0.05, 0.1) is 23.1 Å². The molecule has 0 aromatic heterocycles. The summed E-state index contributed by atoms with van der Waals surface area (Å²) in [6.07, 6.45) is 1.77. The molecule has 39 heavy (non-hydrogen) atoms. The highest BCUT2D eigenvalue weighted by Gasteiger charge is 2.69. The number of aromatic hydroxyl groups is 1. The molecule has 196 valence electrons. The number of ether oxygens (including phenoxy) is 1. The molecule has 1 aliphatic carbocycles. The summed E-state index contributed by atoms with van der Waals surface area (Å²) in [6.45, 7) is 0.706. The van der Waals surface area contributed by atoms with E-state index in [0.717, 1.165) is 34.7 Å². The van der Waals surface area contributed by atoms with Crippen molar-refractivity contribution in [2.75, 3.05) is 13.7 Å². The molecule has 4 aromatic carbocycles. The minimum absolute atomic E-state index is 0.0266. The predicted molar refractivity (Wildman–Crippen MR) is 151 cm³/mol. The number of hydrogen-bond acceptors (Lipinski definition) is 5. The highest BCUT2D eigenvalue weighted by molar-refractivity contribution is 6.42. The summed E-state index contributed by atoms with van der Waals surface area (Å²) in [4.78, 5) is 31.8. The zero-order chi connectivity index (χ0) is 27.1. The first-order chi connectivity index (χ1) is 18.9. The molecule has 2 heterocycles. The first kappa shape index (κ1) is 24.6. The van der Waals surface area contributed by atoms with Gasteiger partial charge in [0.1, 0.15) is 5.54 Å². The summed E-state index contributed by atoms with van der Waals surface area (Å²) in [6, 6.07) is 21.9. The molecule has 1 N–H and O–H groups in total. The topological polar surface area (TPSA) is 66.8 Å². The quantitative estimate of drug-likeness (QED) is 0.273. The molecule has 3 aliphatic rings. The summed E-state index contributed by atoms with van der Waals surface area (Å²) in [7, 11) is 1.51. The molecular weight excluding hydrogens is 533 g/mol. The van der Waals surface area contributed by atoms with Gasteiger partial charge in [0.2, 0.25) is 0 Å². The van der Waals surface area contributed by atoms with Crippen molar-refractivity contribution in [1.82, 2.24) is 4.90 Å². The Labute approximate surface area is 235 Å². The van der Waals surface area contributed by atoms with E-state index in [1.54, 1.807) is 30.3 Å². The van der Waals surface area contributed by atoms with E-state index < -0.39 is 11.5 Å². The van der Waals surface area contributed by atoms with E-state index in [2.05, 4.69) is 4.90 Å². The van der Waals surface area contributed by atoms with Gasteiger partial charge in [-0.25, -0.2) is 0 Å². The van der Waals surface area contributed by atoms with Crippen molar-refractivity contribution in [3.63, 3.8) is 0 Å². The first-order valence-corrected chi connectivity index (χ1v) is 13.8. The van der Waals surface area contributed by atoms with Crippen molar-refractivity contribution >= 4 is 45.5 Å². The summed E-state index contributed by atoms with van der Waals surface area (Å²) < 4.78 is 5.45. The Morgan fingerprint density at radius 1 is 1.03 bits per heavy atom. The Balaban J connectivity index is 1.53. The van der Waals surface area contributed by atoms with Crippen LogP contribution in [0.2, 0.25) is 10.0 Å². The smallest absolute Gasteiger partial charge is 0.189 e. The number of benzene rings is 4. The molecule has 7 rings (SSSR count). The molecule has 4 aromatic rings. The van der Waals surface area contributed by atoms with Gasteiger partial charge in [-0.2, -0.15) is 0 Å². The Bertz CT molecular complexity index is 1700. The number of halogens is 2. The highest BCUT2D eigenvalue weighted by Crippen LogP contribution is 2.62. The molecule has 0 radical (unpaired) electrons. The van der Waals surface area contributed by atoms with Crippen molar-refractivity contribution in [2.24, 2.45) is 5.92 Å². The van der Waals surface area contributed by atoms with Crippen LogP contribution in [0.1, 0.15) is 50.6 Å². The Morgan fingerprint density at radius 2 is 1.82 bits per heavy atom. The van der Waals surface area contributed by atoms with Crippen LogP contribution in [0.4, 0.5) is 0 Å². The van der Waals surface area contributed by atoms with Crippen LogP contribution in [-0.2, 0) is 5.54 Å². The maximum absolute atomic E-state index is 14.8. The second-order valence-electron chi connectivity index (χ2n) is 10.6. The Morgan fingerprint density at radius 3 is 2.59 bits per heavy atom. The molecule has 0 amide bonds. The van der Waals surface area contributed by atoms with Crippen molar-refractivity contribution in [3.05, 3.63) is 105 Å². The molecule has 5 nitrogen and oxygen atoms in total. The number of fused-ring (bicyclic) bond motifs is 3. The van der Waals surface area contributed by atoms with Crippen LogP contribution < -0.4 is 4.74 Å². The number of carbonyl (C=O) groups is 2. The fraction of sp³-hybridized carbons (Fsp3) is 0.250. The van der Waals surface area contributed by atoms with Gasteiger partial charge in [0.25, 0.3) is 0 Å². The number of rotatable bonds is 4. The SMILES string of the molecule is COc1cc(C2C3CCCN3C3(C(=O)c4cccc5cccc3c45)C2C(=O)c2ccc(Cl)c(Cl)c2)ccc1O. The molecule has 2 fully saturated rings. The van der Waals surface area contributed by atoms with Gasteiger partial charge in [-0.15, -0.1) is 0 Å². The zero-order valence-corrected chi connectivity index (χ0v) is 22.7. The van der Waals surface area contributed by atoms with Crippen LogP contribution in [0.25, 0.3) is 10.8 Å². The van der Waals surface area contributed by atoms with Crippen molar-refractivity contribution in [3.8, 4) is 11.5 Å². The number of nitrogens with zero attached hydrogens (tertiary/aromatic N) is 1. The van der Waals surface area contributed by atoms with E-state index in [-0.39, 0.29) is 29.3 Å². The number of hydrogen-bond donors (Lipinski definition) is 1. The van der Waals surface area contributed by atoms with Crippen molar-refractivity contribution in [2.45, 2.75) is 30.3 Å². The van der Waals surface area contributed by atoms with Crippen LogP contribution in [0.5, 0.6) is 11.5 Å². The van der Waals surface area contributed by atoms with Gasteiger partial charge in [-0.3, -0.25) is 14.5 Å². The van der Waals surface area contributed by atoms with Crippen molar-refractivity contribution < 1.29 is 19.4 Å². The second-order valence-corrected chi connectivity index (χ2v) is 11.5. The third kappa shape index (κ3) is 3.24. The van der Waals surface area contributed by atoms with Gasteiger partial charge >= 0.3 is 0 Å². The minimum atomic E-state index is -1.16. The minimum Gasteiger partial charge on any atom is -0.504 e. The average Bonchev–Trinajstić information content (AvgIpc) is 3.60. The van der Waals surface area contributed by atoms with Gasteiger partial charge < -0.3 is 9.84 Å². The predicted octanol–water partition coefficient (Wildman–Crippen LogP) is 7.01. The molecule has 2 aliphatic heterocycles. The standard InChI is InChI=1S/C32H25Cl2NO4/c1-39-26-16-18(11-13-25(26)36)28-24-9-4-14-35(24)32(29(28)30(37)19-10-12-22(33)23(34)15-19)21-8-3-6-17-5-2-7-20(27(17)21)31(32)38/h2-3,5-8,10-13,15-16,24,28-29,36H,4,9,14H2,1H3. The Hall–Kier alpha value is -3.38. The molecule has 4 atom stereocenters. The second kappa shape index (κ2) is 8.82. The van der Waals surface area contributed by atoms with E-state index >= 15 is 0 Å². The van der Waals surface area contributed by atoms with Gasteiger partial charge in [-0.05, 0) is 71.6 Å². The fourth-order valence-electron chi connectivity index (χ4n) is 7.53. The number of phenolic OH excluding ortho intramolecular Hbond substituents is 1. The highest BCUT2D eigenvalue weighted by atomic mass is 35.5. The molecule has 0 bridgehead atoms. The molecule has 7 heteroatoms. The summed E-state index contributed by atoms with van der Waals surface area (Å²) >= 11 is 12.6. The van der Waals surface area contributed by atoms with Crippen LogP contribution in [0.3, 0.4) is 0 Å². The zero-order valence-electron chi connectivity index (χ0n) is 21.2. The number of carbonyl (C=O) groups excluding carboxylic acids is 2. The molecule has 4 unspecified atom stereocenters. The normalized spacial score (nSPS) is 25.5. The summed E-state index contributed by atoms with van der Waals surface area (Å²) in [5.74, 6) is -0.885. The number of methoxy groups -OCH3 is 1. The van der Waals surface area contributed by atoms with Gasteiger partial charge in [0.15, 0.2) is 23.1 Å². The van der Waals surface area contributed by atoms with Crippen LogP contribution in [0.15, 0.2) is 72.8 Å². The van der Waals surface area contributed by atoms with Crippen LogP contribution in [-0.4, -0.2) is 41.3 Å². The van der Waals surface area contributed by atoms with Gasteiger partial charge in [0, 0.05) is 23.1 Å². The molecule has 2 saturated heterocycles. The van der Waals surface area contributed by atoms with Gasteiger partial charge in [-0.1, -0.05) is 65.7 Å². The van der Waals surface area contributed by atoms with E-state index in [9.17, 15) is 14.7 Å². The van der Waals surface area contributed by atoms with E-state index in [1.165, 1.54) is 7.11 Å². The molecule has 0 saturated carbocycles. The third-order valence-electron chi connectivity index (χ3n) is 8.96. The Kier molecular flexibility index (Phi) is 5.57. The number of phenols is 1. The van der Waals surface area contributed by atoms with E-state index in [0.29, 0.717) is 33.5 Å². The van der Waals surface area contributed by atoms with E-state index in [4.69, 9.17) is 27.9 Å². The monoisotopic (exact) mass is 557 g/mol. The number of ketones is 2.